The molecule has 2 aromatic carbocycles. The first-order valence-electron chi connectivity index (χ1n) is 6.29. The molecule has 0 aliphatic rings. The van der Waals surface area contributed by atoms with E-state index in [0.717, 1.165) is 41.4 Å². The summed E-state index contributed by atoms with van der Waals surface area (Å²) in [5.41, 5.74) is 4.14. The molecule has 0 aliphatic heterocycles. The van der Waals surface area contributed by atoms with Gasteiger partial charge in [0.05, 0.1) is 12.5 Å². The molecule has 0 spiro atoms. The summed E-state index contributed by atoms with van der Waals surface area (Å²) in [6.45, 7) is 4.06. The standard InChI is InChI=1S/C16H14Br3ClO/c1-8-6-13(19)9(2)14(16(8)21-3)15(20)11-7-10(17)4-5-12(11)18/h4-7,15H,1-3H3. The molecule has 0 aliphatic carbocycles. The molecule has 2 aromatic rings. The Morgan fingerprint density at radius 3 is 2.33 bits per heavy atom. The van der Waals surface area contributed by atoms with Crippen LogP contribution in [-0.2, 0) is 0 Å². The van der Waals surface area contributed by atoms with E-state index < -0.39 is 0 Å². The van der Waals surface area contributed by atoms with Crippen LogP contribution in [0.4, 0.5) is 0 Å². The molecule has 0 amide bonds. The maximum atomic E-state index is 6.79. The zero-order valence-electron chi connectivity index (χ0n) is 11.8. The highest BCUT2D eigenvalue weighted by molar-refractivity contribution is 9.11. The quantitative estimate of drug-likeness (QED) is 0.418. The molecule has 1 atom stereocenters. The molecule has 112 valence electrons. The minimum atomic E-state index is -0.303. The van der Waals surface area contributed by atoms with E-state index in [2.05, 4.69) is 53.9 Å². The summed E-state index contributed by atoms with van der Waals surface area (Å²) in [5.74, 6) is 0.836. The SMILES string of the molecule is COc1c(C)cc(Br)c(C)c1C(Cl)c1cc(Br)ccc1Br. The van der Waals surface area contributed by atoms with E-state index in [9.17, 15) is 0 Å². The van der Waals surface area contributed by atoms with Gasteiger partial charge in [-0.2, -0.15) is 0 Å². The molecular weight excluding hydrogens is 483 g/mol. The van der Waals surface area contributed by atoms with Gasteiger partial charge in [-0.1, -0.05) is 47.8 Å². The van der Waals surface area contributed by atoms with Gasteiger partial charge >= 0.3 is 0 Å². The second kappa shape index (κ2) is 7.03. The van der Waals surface area contributed by atoms with Crippen molar-refractivity contribution in [2.45, 2.75) is 19.2 Å². The lowest BCUT2D eigenvalue weighted by Crippen LogP contribution is -2.04. The maximum Gasteiger partial charge on any atom is 0.127 e. The van der Waals surface area contributed by atoms with Gasteiger partial charge in [-0.25, -0.2) is 0 Å². The van der Waals surface area contributed by atoms with Crippen LogP contribution in [0.15, 0.2) is 37.7 Å². The fourth-order valence-electron chi connectivity index (χ4n) is 2.32. The highest BCUT2D eigenvalue weighted by Gasteiger charge is 2.23. The maximum absolute atomic E-state index is 6.79. The number of methoxy groups -OCH3 is 1. The number of aryl methyl sites for hydroxylation is 1. The van der Waals surface area contributed by atoms with E-state index in [4.69, 9.17) is 16.3 Å². The van der Waals surface area contributed by atoms with E-state index >= 15 is 0 Å². The van der Waals surface area contributed by atoms with Gasteiger partial charge in [-0.05, 0) is 54.8 Å². The first kappa shape index (κ1) is 17.3. The molecule has 5 heteroatoms. The largest absolute Gasteiger partial charge is 0.496 e. The minimum absolute atomic E-state index is 0.303. The summed E-state index contributed by atoms with van der Waals surface area (Å²) in [5, 5.41) is -0.303. The van der Waals surface area contributed by atoms with E-state index in [1.165, 1.54) is 0 Å². The molecule has 0 saturated heterocycles. The van der Waals surface area contributed by atoms with Crippen LogP contribution in [0.5, 0.6) is 5.75 Å². The Kier molecular flexibility index (Phi) is 5.80. The molecule has 21 heavy (non-hydrogen) atoms. The minimum Gasteiger partial charge on any atom is -0.496 e. The molecule has 0 aromatic heterocycles. The molecule has 2 rings (SSSR count). The number of benzene rings is 2. The predicted octanol–water partition coefficient (Wildman–Crippen LogP) is 6.93. The third kappa shape index (κ3) is 3.49. The van der Waals surface area contributed by atoms with Crippen molar-refractivity contribution >= 4 is 59.4 Å². The number of hydrogen-bond acceptors (Lipinski definition) is 1. The van der Waals surface area contributed by atoms with Gasteiger partial charge < -0.3 is 4.74 Å². The predicted molar refractivity (Wildman–Crippen MR) is 99.7 cm³/mol. The third-order valence-electron chi connectivity index (χ3n) is 3.40. The topological polar surface area (TPSA) is 9.23 Å². The first-order valence-corrected chi connectivity index (χ1v) is 9.11. The van der Waals surface area contributed by atoms with Gasteiger partial charge in [0.1, 0.15) is 5.75 Å². The van der Waals surface area contributed by atoms with Crippen molar-refractivity contribution in [2.75, 3.05) is 7.11 Å². The average Bonchev–Trinajstić information content (AvgIpc) is 2.44. The Morgan fingerprint density at radius 2 is 1.71 bits per heavy atom. The molecule has 1 unspecified atom stereocenters. The summed E-state index contributed by atoms with van der Waals surface area (Å²) in [4.78, 5) is 0. The van der Waals surface area contributed by atoms with Crippen LogP contribution in [0.3, 0.4) is 0 Å². The summed E-state index contributed by atoms with van der Waals surface area (Å²) in [6.07, 6.45) is 0. The molecule has 0 fully saturated rings. The van der Waals surface area contributed by atoms with Crippen LogP contribution in [0.1, 0.15) is 27.6 Å². The molecule has 0 bridgehead atoms. The Bertz CT molecular complexity index is 686. The van der Waals surface area contributed by atoms with Crippen molar-refractivity contribution in [3.63, 3.8) is 0 Å². The summed E-state index contributed by atoms with van der Waals surface area (Å²) in [7, 11) is 1.68. The van der Waals surface area contributed by atoms with Gasteiger partial charge in [0, 0.05) is 19.0 Å². The number of halogens is 4. The zero-order valence-corrected chi connectivity index (χ0v) is 17.3. The Labute approximate surface area is 155 Å². The molecule has 0 radical (unpaired) electrons. The summed E-state index contributed by atoms with van der Waals surface area (Å²) in [6, 6.07) is 8.04. The molecule has 0 heterocycles. The molecular formula is C16H14Br3ClO. The van der Waals surface area contributed by atoms with Gasteiger partial charge in [0.2, 0.25) is 0 Å². The number of ether oxygens (including phenoxy) is 1. The van der Waals surface area contributed by atoms with Gasteiger partial charge in [-0.15, -0.1) is 11.6 Å². The van der Waals surface area contributed by atoms with E-state index in [0.29, 0.717) is 0 Å². The average molecular weight is 497 g/mol. The van der Waals surface area contributed by atoms with Crippen molar-refractivity contribution in [2.24, 2.45) is 0 Å². The lowest BCUT2D eigenvalue weighted by Gasteiger charge is -2.21. The molecule has 0 N–H and O–H groups in total. The van der Waals surface area contributed by atoms with E-state index in [1.807, 2.05) is 32.0 Å². The second-order valence-electron chi connectivity index (χ2n) is 4.78. The third-order valence-corrected chi connectivity index (χ3v) is 5.89. The number of rotatable bonds is 3. The van der Waals surface area contributed by atoms with Gasteiger partial charge in [-0.3, -0.25) is 0 Å². The van der Waals surface area contributed by atoms with Crippen molar-refractivity contribution in [3.05, 3.63) is 59.9 Å². The highest BCUT2D eigenvalue weighted by Crippen LogP contribution is 2.44. The molecule has 0 saturated carbocycles. The molecule has 1 nitrogen and oxygen atoms in total. The van der Waals surface area contributed by atoms with Crippen molar-refractivity contribution in [3.8, 4) is 5.75 Å². The normalized spacial score (nSPS) is 12.3. The number of hydrogen-bond donors (Lipinski definition) is 0. The van der Waals surface area contributed by atoms with Crippen LogP contribution in [0.25, 0.3) is 0 Å². The van der Waals surface area contributed by atoms with Crippen LogP contribution in [0.2, 0.25) is 0 Å². The van der Waals surface area contributed by atoms with Gasteiger partial charge in [0.15, 0.2) is 0 Å². The van der Waals surface area contributed by atoms with E-state index in [-0.39, 0.29) is 5.38 Å². The Hall–Kier alpha value is -0.0300. The smallest absolute Gasteiger partial charge is 0.127 e. The Morgan fingerprint density at radius 1 is 1.05 bits per heavy atom. The first-order chi connectivity index (χ1) is 9.86. The lowest BCUT2D eigenvalue weighted by atomic mass is 9.96. The van der Waals surface area contributed by atoms with Crippen LogP contribution >= 0.6 is 59.4 Å². The fourth-order valence-corrected chi connectivity index (χ4v) is 4.30. The van der Waals surface area contributed by atoms with Crippen LogP contribution in [-0.4, -0.2) is 7.11 Å². The highest BCUT2D eigenvalue weighted by atomic mass is 79.9. The van der Waals surface area contributed by atoms with Crippen LogP contribution < -0.4 is 4.74 Å². The number of alkyl halides is 1. The van der Waals surface area contributed by atoms with Crippen molar-refractivity contribution in [1.82, 2.24) is 0 Å². The second-order valence-corrected chi connectivity index (χ2v) is 7.84. The van der Waals surface area contributed by atoms with Crippen LogP contribution in [0, 0.1) is 13.8 Å². The lowest BCUT2D eigenvalue weighted by molar-refractivity contribution is 0.406. The van der Waals surface area contributed by atoms with Gasteiger partial charge in [0.25, 0.3) is 0 Å². The summed E-state index contributed by atoms with van der Waals surface area (Å²) >= 11 is 17.5. The summed E-state index contributed by atoms with van der Waals surface area (Å²) < 4.78 is 8.60. The van der Waals surface area contributed by atoms with E-state index in [1.54, 1.807) is 7.11 Å². The zero-order chi connectivity index (χ0) is 15.7. The van der Waals surface area contributed by atoms with Crippen molar-refractivity contribution in [1.29, 1.82) is 0 Å². The fraction of sp³-hybridized carbons (Fsp3) is 0.250. The Balaban J connectivity index is 2.68. The monoisotopic (exact) mass is 494 g/mol. The van der Waals surface area contributed by atoms with Crippen molar-refractivity contribution < 1.29 is 4.74 Å².